The van der Waals surface area contributed by atoms with Crippen LogP contribution in [0, 0.1) is 17.8 Å². The molecule has 3 unspecified atom stereocenters. The van der Waals surface area contributed by atoms with E-state index in [1.54, 1.807) is 0 Å². The number of carbonyl (C=O) groups excluding carboxylic acids is 1. The molecule has 0 aromatic carbocycles. The fraction of sp³-hybridized carbons (Fsp3) is 0.960. The minimum absolute atomic E-state index is 0.0421. The van der Waals surface area contributed by atoms with Gasteiger partial charge in [-0.15, -0.1) is 0 Å². The van der Waals surface area contributed by atoms with Gasteiger partial charge in [-0.1, -0.05) is 0 Å². The Morgan fingerprint density at radius 3 is 2.12 bits per heavy atom. The van der Waals surface area contributed by atoms with Crippen molar-refractivity contribution in [2.24, 2.45) is 17.8 Å². The van der Waals surface area contributed by atoms with Crippen LogP contribution in [0.5, 0.6) is 0 Å². The lowest BCUT2D eigenvalue weighted by molar-refractivity contribution is -0.136. The normalized spacial score (nSPS) is 34.3. The van der Waals surface area contributed by atoms with Gasteiger partial charge >= 0.3 is 0 Å². The molecule has 3 saturated heterocycles. The topological polar surface area (TPSA) is 76.2 Å². The SMILES string of the molecule is CCN(CC)C(=O)C1CNN2CCC(C3CCN(S(=O)(=O)C4CCC(N(C)C)CC4)CC3)CC12. The van der Waals surface area contributed by atoms with Crippen LogP contribution in [0.2, 0.25) is 0 Å². The Morgan fingerprint density at radius 2 is 1.53 bits per heavy atom. The fourth-order valence-corrected chi connectivity index (χ4v) is 9.09. The molecule has 0 bridgehead atoms. The number of nitrogens with one attached hydrogen (secondary N) is 1. The van der Waals surface area contributed by atoms with Crippen LogP contribution in [0.4, 0.5) is 0 Å². The summed E-state index contributed by atoms with van der Waals surface area (Å²) in [5.74, 6) is 1.49. The van der Waals surface area contributed by atoms with Crippen LogP contribution in [0.15, 0.2) is 0 Å². The molecule has 0 aromatic heterocycles. The maximum absolute atomic E-state index is 13.3. The lowest BCUT2D eigenvalue weighted by atomic mass is 9.75. The molecule has 8 nitrogen and oxygen atoms in total. The monoisotopic (exact) mass is 497 g/mol. The van der Waals surface area contributed by atoms with Crippen molar-refractivity contribution in [2.75, 3.05) is 53.4 Å². The summed E-state index contributed by atoms with van der Waals surface area (Å²) < 4.78 is 28.5. The highest BCUT2D eigenvalue weighted by atomic mass is 32.2. The second kappa shape index (κ2) is 11.1. The maximum Gasteiger partial charge on any atom is 0.228 e. The highest BCUT2D eigenvalue weighted by molar-refractivity contribution is 7.89. The molecule has 3 aliphatic heterocycles. The first kappa shape index (κ1) is 26.3. The van der Waals surface area contributed by atoms with Gasteiger partial charge in [0.25, 0.3) is 0 Å². The lowest BCUT2D eigenvalue weighted by Crippen LogP contribution is -2.50. The van der Waals surface area contributed by atoms with Gasteiger partial charge in [-0.3, -0.25) is 10.2 Å². The molecule has 1 N–H and O–H groups in total. The van der Waals surface area contributed by atoms with Crippen LogP contribution in [0.1, 0.15) is 65.2 Å². The first-order valence-corrected chi connectivity index (χ1v) is 15.2. The van der Waals surface area contributed by atoms with Gasteiger partial charge in [-0.2, -0.15) is 0 Å². The second-order valence-electron chi connectivity index (χ2n) is 11.2. The van der Waals surface area contributed by atoms with Crippen molar-refractivity contribution in [3.8, 4) is 0 Å². The number of amides is 1. The van der Waals surface area contributed by atoms with E-state index in [-0.39, 0.29) is 23.1 Å². The van der Waals surface area contributed by atoms with E-state index in [9.17, 15) is 13.2 Å². The van der Waals surface area contributed by atoms with E-state index in [1.165, 1.54) is 0 Å². The van der Waals surface area contributed by atoms with Crippen molar-refractivity contribution in [3.05, 3.63) is 0 Å². The number of fused-ring (bicyclic) bond motifs is 1. The number of nitrogens with zero attached hydrogens (tertiary/aromatic N) is 4. The van der Waals surface area contributed by atoms with Crippen molar-refractivity contribution in [1.29, 1.82) is 0 Å². The Morgan fingerprint density at radius 1 is 0.912 bits per heavy atom. The molecule has 4 aliphatic rings. The average Bonchev–Trinajstić information content (AvgIpc) is 3.28. The maximum atomic E-state index is 13.3. The van der Waals surface area contributed by atoms with Crippen molar-refractivity contribution in [1.82, 2.24) is 24.5 Å². The first-order valence-electron chi connectivity index (χ1n) is 13.7. The Hall–Kier alpha value is -0.740. The zero-order valence-electron chi connectivity index (χ0n) is 21.8. The Labute approximate surface area is 207 Å². The summed E-state index contributed by atoms with van der Waals surface area (Å²) in [5, 5.41) is 2.12. The molecular weight excluding hydrogens is 450 g/mol. The van der Waals surface area contributed by atoms with E-state index in [0.29, 0.717) is 31.0 Å². The largest absolute Gasteiger partial charge is 0.343 e. The highest BCUT2D eigenvalue weighted by Gasteiger charge is 2.45. The molecule has 4 rings (SSSR count). The number of carbonyl (C=O) groups is 1. The number of rotatable bonds is 7. The summed E-state index contributed by atoms with van der Waals surface area (Å²) >= 11 is 0. The molecule has 3 atom stereocenters. The second-order valence-corrected chi connectivity index (χ2v) is 13.4. The summed E-state index contributed by atoms with van der Waals surface area (Å²) in [5.41, 5.74) is 3.48. The third-order valence-electron chi connectivity index (χ3n) is 9.38. The fourth-order valence-electron chi connectivity index (χ4n) is 7.08. The van der Waals surface area contributed by atoms with E-state index in [0.717, 1.165) is 77.5 Å². The van der Waals surface area contributed by atoms with Gasteiger partial charge in [0.05, 0.1) is 11.2 Å². The molecular formula is C25H47N5O3S. The number of sulfonamides is 1. The molecule has 0 aromatic rings. The van der Waals surface area contributed by atoms with Crippen LogP contribution in [0.3, 0.4) is 0 Å². The summed E-state index contributed by atoms with van der Waals surface area (Å²) in [7, 11) is 0.999. The lowest BCUT2D eigenvalue weighted by Gasteiger charge is -2.43. The first-order chi connectivity index (χ1) is 16.3. The summed E-state index contributed by atoms with van der Waals surface area (Å²) in [6, 6.07) is 0.797. The Bertz CT molecular complexity index is 786. The van der Waals surface area contributed by atoms with Gasteiger partial charge in [0.15, 0.2) is 0 Å². The zero-order chi connectivity index (χ0) is 24.5. The van der Waals surface area contributed by atoms with Crippen LogP contribution >= 0.6 is 0 Å². The van der Waals surface area contributed by atoms with Crippen LogP contribution in [-0.2, 0) is 14.8 Å². The summed E-state index contributed by atoms with van der Waals surface area (Å²) in [6.45, 7) is 8.74. The minimum Gasteiger partial charge on any atom is -0.343 e. The van der Waals surface area contributed by atoms with Gasteiger partial charge in [-0.25, -0.2) is 17.7 Å². The number of piperidine rings is 2. The van der Waals surface area contributed by atoms with Gasteiger partial charge in [0.1, 0.15) is 0 Å². The van der Waals surface area contributed by atoms with E-state index in [4.69, 9.17) is 0 Å². The van der Waals surface area contributed by atoms with Gasteiger partial charge in [0.2, 0.25) is 15.9 Å². The predicted molar refractivity (Wildman–Crippen MR) is 136 cm³/mol. The van der Waals surface area contributed by atoms with Crippen molar-refractivity contribution < 1.29 is 13.2 Å². The number of hydrogen-bond donors (Lipinski definition) is 1. The molecule has 3 heterocycles. The molecule has 9 heteroatoms. The van der Waals surface area contributed by atoms with E-state index in [2.05, 4.69) is 43.3 Å². The third-order valence-corrected chi connectivity index (χ3v) is 11.8. The molecule has 0 spiro atoms. The summed E-state index contributed by atoms with van der Waals surface area (Å²) in [6.07, 6.45) is 7.67. The van der Waals surface area contributed by atoms with Crippen molar-refractivity contribution in [3.63, 3.8) is 0 Å². The van der Waals surface area contributed by atoms with Crippen LogP contribution < -0.4 is 5.43 Å². The number of hydrogen-bond acceptors (Lipinski definition) is 6. The molecule has 4 fully saturated rings. The van der Waals surface area contributed by atoms with Crippen molar-refractivity contribution in [2.45, 2.75) is 82.5 Å². The molecule has 0 radical (unpaired) electrons. The third kappa shape index (κ3) is 5.33. The predicted octanol–water partition coefficient (Wildman–Crippen LogP) is 1.98. The van der Waals surface area contributed by atoms with Crippen LogP contribution in [0.25, 0.3) is 0 Å². The molecule has 1 saturated carbocycles. The van der Waals surface area contributed by atoms with E-state index in [1.807, 2.05) is 9.21 Å². The smallest absolute Gasteiger partial charge is 0.228 e. The number of hydrazine groups is 1. The quantitative estimate of drug-likeness (QED) is 0.580. The van der Waals surface area contributed by atoms with Gasteiger partial charge < -0.3 is 9.80 Å². The standard InChI is InChI=1S/C25H47N5O3S/c1-5-28(6-2)25(31)23-18-26-30-16-13-20(17-24(23)30)19-11-14-29(15-12-19)34(32,33)22-9-7-21(8-10-22)27(3)4/h19-24,26H,5-18H2,1-4H3. The molecule has 1 amide bonds. The zero-order valence-corrected chi connectivity index (χ0v) is 22.6. The Balaban J connectivity index is 1.31. The van der Waals surface area contributed by atoms with Gasteiger partial charge in [0, 0.05) is 51.4 Å². The average molecular weight is 498 g/mol. The molecule has 1 aliphatic carbocycles. The van der Waals surface area contributed by atoms with E-state index >= 15 is 0 Å². The van der Waals surface area contributed by atoms with Crippen molar-refractivity contribution >= 4 is 15.9 Å². The van der Waals surface area contributed by atoms with Crippen LogP contribution in [-0.4, -0.2) is 104 Å². The highest BCUT2D eigenvalue weighted by Crippen LogP contribution is 2.39. The van der Waals surface area contributed by atoms with Gasteiger partial charge in [-0.05, 0) is 91.1 Å². The molecule has 196 valence electrons. The Kier molecular flexibility index (Phi) is 8.61. The van der Waals surface area contributed by atoms with E-state index < -0.39 is 10.0 Å². The minimum atomic E-state index is -3.19. The molecule has 34 heavy (non-hydrogen) atoms. The summed E-state index contributed by atoms with van der Waals surface area (Å²) in [4.78, 5) is 17.3.